The molecule has 0 amide bonds. The number of thiazole rings is 1. The van der Waals surface area contributed by atoms with Crippen molar-refractivity contribution in [1.82, 2.24) is 4.98 Å². The van der Waals surface area contributed by atoms with Gasteiger partial charge in [-0.2, -0.15) is 0 Å². The van der Waals surface area contributed by atoms with Gasteiger partial charge >= 0.3 is 0 Å². The van der Waals surface area contributed by atoms with Gasteiger partial charge in [0.2, 0.25) is 0 Å². The molecule has 0 spiro atoms. The molecule has 84 valence electrons. The molecule has 1 aliphatic carbocycles. The summed E-state index contributed by atoms with van der Waals surface area (Å²) in [6.07, 6.45) is 4.25. The van der Waals surface area contributed by atoms with E-state index in [1.807, 2.05) is 0 Å². The van der Waals surface area contributed by atoms with Crippen molar-refractivity contribution in [1.29, 1.82) is 0 Å². The van der Waals surface area contributed by atoms with Crippen LogP contribution in [-0.2, 0) is 11.3 Å². The Hall–Kier alpha value is -0.650. The predicted molar refractivity (Wildman–Crippen MR) is 60.3 cm³/mol. The highest BCUT2D eigenvalue weighted by molar-refractivity contribution is 7.15. The second-order valence-electron chi connectivity index (χ2n) is 3.68. The van der Waals surface area contributed by atoms with E-state index in [-0.39, 0.29) is 6.61 Å². The Balaban J connectivity index is 2.02. The molecule has 15 heavy (non-hydrogen) atoms. The van der Waals surface area contributed by atoms with E-state index in [0.717, 1.165) is 23.2 Å². The smallest absolute Gasteiger partial charge is 0.185 e. The molecule has 1 saturated carbocycles. The molecule has 1 fully saturated rings. The maximum absolute atomic E-state index is 8.99. The van der Waals surface area contributed by atoms with Crippen LogP contribution in [0.1, 0.15) is 17.7 Å². The van der Waals surface area contributed by atoms with Gasteiger partial charge in [-0.15, -0.1) is 0 Å². The number of rotatable bonds is 6. The van der Waals surface area contributed by atoms with Crippen molar-refractivity contribution >= 4 is 16.5 Å². The summed E-state index contributed by atoms with van der Waals surface area (Å²) >= 11 is 1.57. The summed E-state index contributed by atoms with van der Waals surface area (Å²) in [7, 11) is 1.71. The van der Waals surface area contributed by atoms with Crippen molar-refractivity contribution in [2.75, 3.05) is 25.2 Å². The lowest BCUT2D eigenvalue weighted by atomic mass is 10.5. The molecule has 1 N–H and O–H groups in total. The van der Waals surface area contributed by atoms with Crippen molar-refractivity contribution in [3.63, 3.8) is 0 Å². The predicted octanol–water partition coefficient (Wildman–Crippen LogP) is 1.25. The molecule has 0 bridgehead atoms. The van der Waals surface area contributed by atoms with Gasteiger partial charge in [-0.1, -0.05) is 11.3 Å². The molecular formula is C10H16N2O2S. The van der Waals surface area contributed by atoms with E-state index in [9.17, 15) is 0 Å². The average Bonchev–Trinajstić information content (AvgIpc) is 2.97. The molecule has 1 aromatic rings. The summed E-state index contributed by atoms with van der Waals surface area (Å²) in [5, 5.41) is 10.0. The monoisotopic (exact) mass is 228 g/mol. The number of anilines is 1. The molecular weight excluding hydrogens is 212 g/mol. The number of aromatic nitrogens is 1. The Morgan fingerprint density at radius 3 is 3.00 bits per heavy atom. The second-order valence-corrected chi connectivity index (χ2v) is 4.78. The highest BCUT2D eigenvalue weighted by Crippen LogP contribution is 2.33. The SMILES string of the molecule is COCCN(c1ncc(CO)s1)C1CC1. The molecule has 0 radical (unpaired) electrons. The number of methoxy groups -OCH3 is 1. The zero-order chi connectivity index (χ0) is 10.7. The van der Waals surface area contributed by atoms with Gasteiger partial charge in [-0.3, -0.25) is 0 Å². The lowest BCUT2D eigenvalue weighted by Gasteiger charge is -2.20. The van der Waals surface area contributed by atoms with Crippen LogP contribution in [0, 0.1) is 0 Å². The van der Waals surface area contributed by atoms with Crippen LogP contribution in [0.5, 0.6) is 0 Å². The molecule has 0 aliphatic heterocycles. The van der Waals surface area contributed by atoms with Gasteiger partial charge in [0.05, 0.1) is 18.1 Å². The molecule has 1 aliphatic rings. The Bertz CT molecular complexity index is 312. The Labute approximate surface area is 93.5 Å². The number of ether oxygens (including phenoxy) is 1. The van der Waals surface area contributed by atoms with Gasteiger partial charge < -0.3 is 14.7 Å². The maximum Gasteiger partial charge on any atom is 0.185 e. The first-order chi connectivity index (χ1) is 7.35. The molecule has 2 rings (SSSR count). The fraction of sp³-hybridized carbons (Fsp3) is 0.700. The quantitative estimate of drug-likeness (QED) is 0.796. The summed E-state index contributed by atoms with van der Waals surface area (Å²) in [5.41, 5.74) is 0. The first-order valence-electron chi connectivity index (χ1n) is 5.16. The first kappa shape index (κ1) is 10.9. The van der Waals surface area contributed by atoms with Gasteiger partial charge in [0.25, 0.3) is 0 Å². The van der Waals surface area contributed by atoms with Crippen molar-refractivity contribution in [2.24, 2.45) is 0 Å². The molecule has 0 atom stereocenters. The third-order valence-electron chi connectivity index (χ3n) is 2.47. The van der Waals surface area contributed by atoms with E-state index >= 15 is 0 Å². The maximum atomic E-state index is 8.99. The summed E-state index contributed by atoms with van der Waals surface area (Å²) in [4.78, 5) is 7.54. The number of hydrogen-bond acceptors (Lipinski definition) is 5. The fourth-order valence-corrected chi connectivity index (χ4v) is 2.38. The van der Waals surface area contributed by atoms with Gasteiger partial charge in [-0.25, -0.2) is 4.98 Å². The van der Waals surface area contributed by atoms with E-state index < -0.39 is 0 Å². The molecule has 1 heterocycles. The van der Waals surface area contributed by atoms with Crippen LogP contribution in [0.2, 0.25) is 0 Å². The van der Waals surface area contributed by atoms with Crippen LogP contribution in [-0.4, -0.2) is 36.4 Å². The van der Waals surface area contributed by atoms with Crippen LogP contribution in [0.4, 0.5) is 5.13 Å². The van der Waals surface area contributed by atoms with E-state index in [1.54, 1.807) is 24.6 Å². The van der Waals surface area contributed by atoms with Gasteiger partial charge in [0.15, 0.2) is 5.13 Å². The zero-order valence-electron chi connectivity index (χ0n) is 8.85. The van der Waals surface area contributed by atoms with Crippen LogP contribution >= 0.6 is 11.3 Å². The standard InChI is InChI=1S/C10H16N2O2S/c1-14-5-4-12(8-2-3-8)10-11-6-9(7-13)15-10/h6,8,13H,2-5,7H2,1H3. The Kier molecular flexibility index (Phi) is 3.56. The molecule has 0 unspecified atom stereocenters. The minimum absolute atomic E-state index is 0.0838. The third-order valence-corrected chi connectivity index (χ3v) is 3.49. The zero-order valence-corrected chi connectivity index (χ0v) is 9.66. The van der Waals surface area contributed by atoms with Crippen molar-refractivity contribution in [3.05, 3.63) is 11.1 Å². The van der Waals surface area contributed by atoms with Crippen LogP contribution in [0.15, 0.2) is 6.20 Å². The summed E-state index contributed by atoms with van der Waals surface area (Å²) < 4.78 is 5.09. The third kappa shape index (κ3) is 2.68. The minimum Gasteiger partial charge on any atom is -0.391 e. The summed E-state index contributed by atoms with van der Waals surface area (Å²) in [5.74, 6) is 0. The number of aliphatic hydroxyl groups is 1. The van der Waals surface area contributed by atoms with E-state index in [2.05, 4.69) is 9.88 Å². The van der Waals surface area contributed by atoms with Crippen LogP contribution in [0.25, 0.3) is 0 Å². The van der Waals surface area contributed by atoms with Crippen LogP contribution in [0.3, 0.4) is 0 Å². The largest absolute Gasteiger partial charge is 0.391 e. The van der Waals surface area contributed by atoms with E-state index in [1.165, 1.54) is 12.8 Å². The topological polar surface area (TPSA) is 45.6 Å². The fourth-order valence-electron chi connectivity index (χ4n) is 1.51. The summed E-state index contributed by atoms with van der Waals surface area (Å²) in [6.45, 7) is 1.70. The van der Waals surface area contributed by atoms with Gasteiger partial charge in [0.1, 0.15) is 0 Å². The Morgan fingerprint density at radius 2 is 2.47 bits per heavy atom. The first-order valence-corrected chi connectivity index (χ1v) is 5.98. The van der Waals surface area contributed by atoms with Crippen molar-refractivity contribution in [3.8, 4) is 0 Å². The number of aliphatic hydroxyl groups excluding tert-OH is 1. The lowest BCUT2D eigenvalue weighted by molar-refractivity contribution is 0.205. The van der Waals surface area contributed by atoms with E-state index in [0.29, 0.717) is 6.04 Å². The lowest BCUT2D eigenvalue weighted by Crippen LogP contribution is -2.29. The van der Waals surface area contributed by atoms with Crippen molar-refractivity contribution in [2.45, 2.75) is 25.5 Å². The highest BCUT2D eigenvalue weighted by atomic mass is 32.1. The molecule has 4 nitrogen and oxygen atoms in total. The van der Waals surface area contributed by atoms with Crippen molar-refractivity contribution < 1.29 is 9.84 Å². The minimum atomic E-state index is 0.0838. The summed E-state index contributed by atoms with van der Waals surface area (Å²) in [6, 6.07) is 0.637. The van der Waals surface area contributed by atoms with Gasteiger partial charge in [0, 0.05) is 25.9 Å². The number of nitrogens with zero attached hydrogens (tertiary/aromatic N) is 2. The molecule has 1 aromatic heterocycles. The van der Waals surface area contributed by atoms with Gasteiger partial charge in [-0.05, 0) is 12.8 Å². The normalized spacial score (nSPS) is 15.6. The second kappa shape index (κ2) is 4.92. The highest BCUT2D eigenvalue weighted by Gasteiger charge is 2.30. The Morgan fingerprint density at radius 1 is 1.67 bits per heavy atom. The van der Waals surface area contributed by atoms with E-state index in [4.69, 9.17) is 9.84 Å². The average molecular weight is 228 g/mol. The molecule has 0 aromatic carbocycles. The molecule has 0 saturated heterocycles. The van der Waals surface area contributed by atoms with Crippen LogP contribution < -0.4 is 4.90 Å². The number of hydrogen-bond donors (Lipinski definition) is 1. The molecule has 5 heteroatoms.